The van der Waals surface area contributed by atoms with Gasteiger partial charge in [-0.15, -0.1) is 0 Å². The second-order valence-electron chi connectivity index (χ2n) is 5.85. The maximum atomic E-state index is 10.1. The molecule has 2 unspecified atom stereocenters. The van der Waals surface area contributed by atoms with Crippen molar-refractivity contribution in [3.63, 3.8) is 0 Å². The third-order valence-electron chi connectivity index (χ3n) is 4.21. The molecule has 1 aliphatic rings. The first-order valence-electron chi connectivity index (χ1n) is 7.55. The Morgan fingerprint density at radius 3 is 2.35 bits per heavy atom. The summed E-state index contributed by atoms with van der Waals surface area (Å²) < 4.78 is 0. The smallest absolute Gasteiger partial charge is 0.0709 e. The summed E-state index contributed by atoms with van der Waals surface area (Å²) in [7, 11) is 2.13. The molecular weight excluding hydrogens is 210 g/mol. The van der Waals surface area contributed by atoms with Gasteiger partial charge in [0.2, 0.25) is 0 Å². The van der Waals surface area contributed by atoms with Gasteiger partial charge in [0.25, 0.3) is 0 Å². The molecule has 3 atom stereocenters. The molecule has 0 saturated carbocycles. The Morgan fingerprint density at radius 2 is 1.82 bits per heavy atom. The van der Waals surface area contributed by atoms with Crippen LogP contribution in [0, 0.1) is 11.8 Å². The number of unbranched alkanes of at least 4 members (excludes halogenated alkanes) is 3. The van der Waals surface area contributed by atoms with Gasteiger partial charge >= 0.3 is 0 Å². The molecular formula is C15H31NO. The minimum Gasteiger partial charge on any atom is -0.391 e. The summed E-state index contributed by atoms with van der Waals surface area (Å²) in [6, 6.07) is 0. The van der Waals surface area contributed by atoms with E-state index in [1.54, 1.807) is 0 Å². The molecule has 2 nitrogen and oxygen atoms in total. The Bertz CT molecular complexity index is 195. The second kappa shape index (κ2) is 8.10. The van der Waals surface area contributed by atoms with Gasteiger partial charge in [0, 0.05) is 19.0 Å². The van der Waals surface area contributed by atoms with Crippen LogP contribution in [0.25, 0.3) is 0 Å². The number of likely N-dealkylation sites (N-methyl/N-ethyl adjacent to an activating group) is 1. The van der Waals surface area contributed by atoms with Gasteiger partial charge in [-0.3, -0.25) is 0 Å². The molecule has 2 heteroatoms. The van der Waals surface area contributed by atoms with E-state index in [9.17, 15) is 5.11 Å². The molecule has 1 fully saturated rings. The number of rotatable bonds is 8. The SMILES string of the molecule is CCCCCCC(CCC)C1CN(C)C[C@H]1O. The van der Waals surface area contributed by atoms with E-state index in [2.05, 4.69) is 25.8 Å². The largest absolute Gasteiger partial charge is 0.391 e. The van der Waals surface area contributed by atoms with Crippen LogP contribution in [0.4, 0.5) is 0 Å². The minimum atomic E-state index is -0.0808. The van der Waals surface area contributed by atoms with Crippen LogP contribution in [0.2, 0.25) is 0 Å². The van der Waals surface area contributed by atoms with Crippen molar-refractivity contribution < 1.29 is 5.11 Å². The zero-order chi connectivity index (χ0) is 12.7. The molecule has 1 aliphatic heterocycles. The van der Waals surface area contributed by atoms with Gasteiger partial charge in [-0.2, -0.15) is 0 Å². The summed E-state index contributed by atoms with van der Waals surface area (Å²) in [5.74, 6) is 1.28. The van der Waals surface area contributed by atoms with Gasteiger partial charge in [0.15, 0.2) is 0 Å². The topological polar surface area (TPSA) is 23.5 Å². The van der Waals surface area contributed by atoms with E-state index in [0.29, 0.717) is 5.92 Å². The summed E-state index contributed by atoms with van der Waals surface area (Å²) in [5.41, 5.74) is 0. The summed E-state index contributed by atoms with van der Waals surface area (Å²) in [4.78, 5) is 2.28. The lowest BCUT2D eigenvalue weighted by Gasteiger charge is -2.25. The van der Waals surface area contributed by atoms with Crippen molar-refractivity contribution in [2.24, 2.45) is 11.8 Å². The van der Waals surface area contributed by atoms with Gasteiger partial charge in [-0.05, 0) is 13.0 Å². The Kier molecular flexibility index (Phi) is 7.14. The molecule has 1 N–H and O–H groups in total. The number of β-amino-alcohol motifs (C(OH)–C–C–N with tert-alkyl or cyclic N) is 1. The highest BCUT2D eigenvalue weighted by molar-refractivity contribution is 4.86. The van der Waals surface area contributed by atoms with E-state index in [-0.39, 0.29) is 6.10 Å². The minimum absolute atomic E-state index is 0.0808. The predicted octanol–water partition coefficient (Wildman–Crippen LogP) is 3.30. The fourth-order valence-electron chi connectivity index (χ4n) is 3.25. The van der Waals surface area contributed by atoms with Crippen molar-refractivity contribution >= 4 is 0 Å². The van der Waals surface area contributed by atoms with Crippen molar-refractivity contribution in [2.45, 2.75) is 64.9 Å². The number of hydrogen-bond acceptors (Lipinski definition) is 2. The molecule has 0 aromatic heterocycles. The van der Waals surface area contributed by atoms with Crippen molar-refractivity contribution in [1.82, 2.24) is 4.90 Å². The summed E-state index contributed by atoms with van der Waals surface area (Å²) in [6.07, 6.45) is 9.19. The van der Waals surface area contributed by atoms with E-state index >= 15 is 0 Å². The van der Waals surface area contributed by atoms with Crippen molar-refractivity contribution in [3.05, 3.63) is 0 Å². The van der Waals surface area contributed by atoms with Crippen LogP contribution in [0.1, 0.15) is 58.8 Å². The van der Waals surface area contributed by atoms with E-state index in [1.165, 1.54) is 44.9 Å². The van der Waals surface area contributed by atoms with E-state index in [1.807, 2.05) is 0 Å². The lowest BCUT2D eigenvalue weighted by molar-refractivity contribution is 0.103. The zero-order valence-electron chi connectivity index (χ0n) is 12.0. The first-order chi connectivity index (χ1) is 8.19. The van der Waals surface area contributed by atoms with E-state index in [4.69, 9.17) is 0 Å². The van der Waals surface area contributed by atoms with Crippen LogP contribution in [-0.2, 0) is 0 Å². The average Bonchev–Trinajstić information content (AvgIpc) is 2.62. The van der Waals surface area contributed by atoms with E-state index < -0.39 is 0 Å². The van der Waals surface area contributed by atoms with Gasteiger partial charge < -0.3 is 10.0 Å². The average molecular weight is 241 g/mol. The molecule has 17 heavy (non-hydrogen) atoms. The second-order valence-corrected chi connectivity index (χ2v) is 5.85. The number of aliphatic hydroxyl groups excluding tert-OH is 1. The van der Waals surface area contributed by atoms with Gasteiger partial charge in [-0.25, -0.2) is 0 Å². The maximum Gasteiger partial charge on any atom is 0.0709 e. The van der Waals surface area contributed by atoms with Crippen LogP contribution in [0.15, 0.2) is 0 Å². The molecule has 0 radical (unpaired) electrons. The van der Waals surface area contributed by atoms with Crippen molar-refractivity contribution in [2.75, 3.05) is 20.1 Å². The first kappa shape index (κ1) is 15.0. The Morgan fingerprint density at radius 1 is 1.06 bits per heavy atom. The third kappa shape index (κ3) is 4.97. The predicted molar refractivity (Wildman–Crippen MR) is 74.2 cm³/mol. The molecule has 0 amide bonds. The highest BCUT2D eigenvalue weighted by atomic mass is 16.3. The van der Waals surface area contributed by atoms with Gasteiger partial charge in [-0.1, -0.05) is 58.8 Å². The molecule has 1 saturated heterocycles. The number of likely N-dealkylation sites (tertiary alicyclic amines) is 1. The van der Waals surface area contributed by atoms with Crippen LogP contribution < -0.4 is 0 Å². The number of hydrogen-bond donors (Lipinski definition) is 1. The molecule has 0 aromatic rings. The third-order valence-corrected chi connectivity index (χ3v) is 4.21. The quantitative estimate of drug-likeness (QED) is 0.659. The molecule has 1 heterocycles. The highest BCUT2D eigenvalue weighted by Crippen LogP contribution is 2.31. The number of nitrogens with zero attached hydrogens (tertiary/aromatic N) is 1. The fourth-order valence-corrected chi connectivity index (χ4v) is 3.25. The van der Waals surface area contributed by atoms with Crippen molar-refractivity contribution in [3.8, 4) is 0 Å². The summed E-state index contributed by atoms with van der Waals surface area (Å²) in [6.45, 7) is 6.50. The Labute approximate surface area is 107 Å². The van der Waals surface area contributed by atoms with Crippen LogP contribution >= 0.6 is 0 Å². The van der Waals surface area contributed by atoms with Crippen LogP contribution in [0.5, 0.6) is 0 Å². The monoisotopic (exact) mass is 241 g/mol. The Balaban J connectivity index is 2.36. The normalized spacial score (nSPS) is 27.5. The van der Waals surface area contributed by atoms with Gasteiger partial charge in [0.1, 0.15) is 0 Å². The molecule has 102 valence electrons. The summed E-state index contributed by atoms with van der Waals surface area (Å²) in [5, 5.41) is 10.1. The van der Waals surface area contributed by atoms with Crippen molar-refractivity contribution in [1.29, 1.82) is 0 Å². The van der Waals surface area contributed by atoms with Crippen LogP contribution in [0.3, 0.4) is 0 Å². The zero-order valence-corrected chi connectivity index (χ0v) is 12.0. The molecule has 0 spiro atoms. The molecule has 0 aliphatic carbocycles. The highest BCUT2D eigenvalue weighted by Gasteiger charge is 2.34. The fraction of sp³-hybridized carbons (Fsp3) is 1.00. The maximum absolute atomic E-state index is 10.1. The molecule has 0 bridgehead atoms. The standard InChI is InChI=1S/C15H31NO/c1-4-6-7-8-10-13(9-5-2)14-11-16(3)12-15(14)17/h13-15,17H,4-12H2,1-3H3/t13?,14?,15-/m1/s1. The number of aliphatic hydroxyl groups is 1. The lowest BCUT2D eigenvalue weighted by Crippen LogP contribution is -2.26. The first-order valence-corrected chi connectivity index (χ1v) is 7.55. The van der Waals surface area contributed by atoms with E-state index in [0.717, 1.165) is 19.0 Å². The van der Waals surface area contributed by atoms with Crippen LogP contribution in [-0.4, -0.2) is 36.2 Å². The summed E-state index contributed by atoms with van der Waals surface area (Å²) >= 11 is 0. The van der Waals surface area contributed by atoms with Gasteiger partial charge in [0.05, 0.1) is 6.10 Å². The molecule has 0 aromatic carbocycles. The Hall–Kier alpha value is -0.0800. The lowest BCUT2D eigenvalue weighted by atomic mass is 9.82. The molecule has 1 rings (SSSR count).